The second kappa shape index (κ2) is 11.0. The summed E-state index contributed by atoms with van der Waals surface area (Å²) >= 11 is 0. The number of ether oxygens (including phenoxy) is 4. The zero-order valence-corrected chi connectivity index (χ0v) is 16.3. The lowest BCUT2D eigenvalue weighted by Crippen LogP contribution is -2.62. The highest BCUT2D eigenvalue weighted by Crippen LogP contribution is 2.29. The van der Waals surface area contributed by atoms with Crippen molar-refractivity contribution in [3.05, 3.63) is 0 Å². The molecular formula is C17H34O10. The molecule has 6 N–H and O–H groups in total. The molecule has 1 aliphatic heterocycles. The number of rotatable bonds is 11. The molecule has 0 aromatic heterocycles. The molecule has 162 valence electrons. The number of hydrogen-bond acceptors (Lipinski definition) is 10. The van der Waals surface area contributed by atoms with Gasteiger partial charge in [-0.05, 0) is 27.2 Å². The number of aliphatic hydroxyl groups excluding tert-OH is 6. The maximum absolute atomic E-state index is 10.5. The van der Waals surface area contributed by atoms with Crippen LogP contribution in [0.5, 0.6) is 0 Å². The van der Waals surface area contributed by atoms with E-state index in [-0.39, 0.29) is 0 Å². The van der Waals surface area contributed by atoms with E-state index in [1.54, 1.807) is 13.8 Å². The minimum atomic E-state index is -1.55. The third-order valence-electron chi connectivity index (χ3n) is 4.59. The van der Waals surface area contributed by atoms with Crippen LogP contribution in [0.25, 0.3) is 0 Å². The molecule has 0 aromatic carbocycles. The van der Waals surface area contributed by atoms with Crippen molar-refractivity contribution >= 4 is 0 Å². The van der Waals surface area contributed by atoms with Gasteiger partial charge in [0.15, 0.2) is 12.6 Å². The molecule has 27 heavy (non-hydrogen) atoms. The van der Waals surface area contributed by atoms with Gasteiger partial charge in [0.05, 0.1) is 31.5 Å². The number of aliphatic hydroxyl groups is 6. The summed E-state index contributed by atoms with van der Waals surface area (Å²) in [6.45, 7) is 5.50. The monoisotopic (exact) mass is 398 g/mol. The Morgan fingerprint density at radius 2 is 1.74 bits per heavy atom. The first-order valence-electron chi connectivity index (χ1n) is 9.10. The molecule has 1 aliphatic rings. The molecule has 0 bridgehead atoms. The first-order valence-corrected chi connectivity index (χ1v) is 9.10. The second-order valence-electron chi connectivity index (χ2n) is 7.29. The molecule has 8 atom stereocenters. The Morgan fingerprint density at radius 3 is 2.22 bits per heavy atom. The van der Waals surface area contributed by atoms with Gasteiger partial charge >= 0.3 is 0 Å². The smallest absolute Gasteiger partial charge is 0.189 e. The van der Waals surface area contributed by atoms with Gasteiger partial charge < -0.3 is 49.6 Å². The Hall–Kier alpha value is -0.400. The summed E-state index contributed by atoms with van der Waals surface area (Å²) in [4.78, 5) is 0. The molecule has 1 rings (SSSR count). The SMILES string of the molecule is CCC(C)(C)OC1C(O)C(CO)OC(O[C@H](O)COC(CO)[C@H](C)O)C1O. The summed E-state index contributed by atoms with van der Waals surface area (Å²) in [5.74, 6) is 0. The zero-order chi connectivity index (χ0) is 20.8. The summed E-state index contributed by atoms with van der Waals surface area (Å²) in [6.07, 6.45) is -9.11. The van der Waals surface area contributed by atoms with Crippen molar-refractivity contribution in [1.82, 2.24) is 0 Å². The van der Waals surface area contributed by atoms with Crippen LogP contribution in [0.4, 0.5) is 0 Å². The van der Waals surface area contributed by atoms with E-state index in [1.807, 2.05) is 6.92 Å². The topological polar surface area (TPSA) is 158 Å². The van der Waals surface area contributed by atoms with Crippen molar-refractivity contribution in [2.75, 3.05) is 19.8 Å². The third kappa shape index (κ3) is 7.17. The predicted molar refractivity (Wildman–Crippen MR) is 92.6 cm³/mol. The molecule has 1 saturated heterocycles. The third-order valence-corrected chi connectivity index (χ3v) is 4.59. The summed E-state index contributed by atoms with van der Waals surface area (Å²) in [5, 5.41) is 58.7. The van der Waals surface area contributed by atoms with Gasteiger partial charge in [-0.1, -0.05) is 6.92 Å². The lowest BCUT2D eigenvalue weighted by atomic mass is 9.97. The molecule has 0 aromatic rings. The summed E-state index contributed by atoms with van der Waals surface area (Å²) in [5.41, 5.74) is -0.651. The molecule has 0 radical (unpaired) electrons. The first-order chi connectivity index (χ1) is 12.6. The van der Waals surface area contributed by atoms with Crippen molar-refractivity contribution < 1.29 is 49.6 Å². The van der Waals surface area contributed by atoms with E-state index in [9.17, 15) is 25.5 Å². The van der Waals surface area contributed by atoms with Gasteiger partial charge in [-0.15, -0.1) is 0 Å². The van der Waals surface area contributed by atoms with Crippen LogP contribution < -0.4 is 0 Å². The first kappa shape index (κ1) is 24.6. The molecular weight excluding hydrogens is 364 g/mol. The fraction of sp³-hybridized carbons (Fsp3) is 1.00. The van der Waals surface area contributed by atoms with Gasteiger partial charge in [-0.3, -0.25) is 0 Å². The van der Waals surface area contributed by atoms with Gasteiger partial charge in [0, 0.05) is 0 Å². The highest BCUT2D eigenvalue weighted by molar-refractivity contribution is 4.92. The fourth-order valence-electron chi connectivity index (χ4n) is 2.50. The molecule has 0 amide bonds. The molecule has 0 spiro atoms. The van der Waals surface area contributed by atoms with Gasteiger partial charge in [0.2, 0.25) is 0 Å². The average molecular weight is 398 g/mol. The summed E-state index contributed by atoms with van der Waals surface area (Å²) < 4.78 is 21.5. The Balaban J connectivity index is 2.75. The van der Waals surface area contributed by atoms with Crippen LogP contribution in [-0.2, 0) is 18.9 Å². The van der Waals surface area contributed by atoms with Crippen molar-refractivity contribution in [3.63, 3.8) is 0 Å². The van der Waals surface area contributed by atoms with E-state index < -0.39 is 74.6 Å². The lowest BCUT2D eigenvalue weighted by Gasteiger charge is -2.44. The van der Waals surface area contributed by atoms with Crippen LogP contribution in [0.2, 0.25) is 0 Å². The molecule has 6 unspecified atom stereocenters. The van der Waals surface area contributed by atoms with Gasteiger partial charge in [-0.2, -0.15) is 0 Å². The van der Waals surface area contributed by atoms with Gasteiger partial charge in [0.25, 0.3) is 0 Å². The normalized spacial score (nSPS) is 32.9. The lowest BCUT2D eigenvalue weighted by molar-refractivity contribution is -0.348. The molecule has 10 heteroatoms. The minimum Gasteiger partial charge on any atom is -0.394 e. The second-order valence-corrected chi connectivity index (χ2v) is 7.29. The molecule has 10 nitrogen and oxygen atoms in total. The van der Waals surface area contributed by atoms with Crippen LogP contribution in [-0.4, -0.2) is 105 Å². The Labute approximate surface area is 159 Å². The maximum atomic E-state index is 10.5. The number of hydrogen-bond donors (Lipinski definition) is 6. The van der Waals surface area contributed by atoms with E-state index in [2.05, 4.69) is 0 Å². The van der Waals surface area contributed by atoms with Crippen LogP contribution in [0.15, 0.2) is 0 Å². The van der Waals surface area contributed by atoms with E-state index in [1.165, 1.54) is 6.92 Å². The van der Waals surface area contributed by atoms with Crippen molar-refractivity contribution in [2.24, 2.45) is 0 Å². The predicted octanol–water partition coefficient (Wildman–Crippen LogP) is -1.91. The Kier molecular flexibility index (Phi) is 10.00. The summed E-state index contributed by atoms with van der Waals surface area (Å²) in [7, 11) is 0. The van der Waals surface area contributed by atoms with Crippen LogP contribution in [0.3, 0.4) is 0 Å². The molecule has 0 saturated carbocycles. The van der Waals surface area contributed by atoms with E-state index in [0.29, 0.717) is 6.42 Å². The van der Waals surface area contributed by atoms with Crippen LogP contribution >= 0.6 is 0 Å². The molecule has 0 aliphatic carbocycles. The van der Waals surface area contributed by atoms with Crippen molar-refractivity contribution in [2.45, 2.75) is 88.9 Å². The maximum Gasteiger partial charge on any atom is 0.189 e. The summed E-state index contributed by atoms with van der Waals surface area (Å²) in [6, 6.07) is 0. The quantitative estimate of drug-likeness (QED) is 0.217. The highest BCUT2D eigenvalue weighted by Gasteiger charge is 2.48. The Bertz CT molecular complexity index is 419. The standard InChI is InChI=1S/C17H34O10/c1-5-17(3,4)27-15-13(22)11(7-19)25-16(14(15)23)26-12(21)8-24-10(6-18)9(2)20/h9-16,18-23H,5-8H2,1-4H3/t9-,10?,11?,12-,13?,14?,15?,16?/m0/s1. The van der Waals surface area contributed by atoms with E-state index in [4.69, 9.17) is 24.1 Å². The largest absolute Gasteiger partial charge is 0.394 e. The van der Waals surface area contributed by atoms with Gasteiger partial charge in [0.1, 0.15) is 30.5 Å². The fourth-order valence-corrected chi connectivity index (χ4v) is 2.50. The van der Waals surface area contributed by atoms with Crippen molar-refractivity contribution in [3.8, 4) is 0 Å². The minimum absolute atomic E-state index is 0.402. The Morgan fingerprint density at radius 1 is 1.11 bits per heavy atom. The zero-order valence-electron chi connectivity index (χ0n) is 16.3. The van der Waals surface area contributed by atoms with Crippen LogP contribution in [0.1, 0.15) is 34.1 Å². The van der Waals surface area contributed by atoms with E-state index >= 15 is 0 Å². The van der Waals surface area contributed by atoms with E-state index in [0.717, 1.165) is 0 Å². The molecule has 1 heterocycles. The highest BCUT2D eigenvalue weighted by atomic mass is 16.8. The van der Waals surface area contributed by atoms with Crippen LogP contribution in [0, 0.1) is 0 Å². The van der Waals surface area contributed by atoms with Gasteiger partial charge in [-0.25, -0.2) is 0 Å². The average Bonchev–Trinajstić information content (AvgIpc) is 2.61. The molecule has 1 fully saturated rings. The van der Waals surface area contributed by atoms with Crippen molar-refractivity contribution in [1.29, 1.82) is 0 Å².